The maximum Gasteiger partial charge on any atom is 0.287 e. The Bertz CT molecular complexity index is 1240. The normalized spacial score (nSPS) is 10.7. The van der Waals surface area contributed by atoms with Gasteiger partial charge in [-0.05, 0) is 18.2 Å². The van der Waals surface area contributed by atoms with Crippen molar-refractivity contribution in [3.05, 3.63) is 74.7 Å². The molecule has 1 aromatic carbocycles. The molecular weight excluding hydrogens is 500 g/mol. The fourth-order valence-corrected chi connectivity index (χ4v) is 3.67. The van der Waals surface area contributed by atoms with Gasteiger partial charge in [0.05, 0.1) is 21.2 Å². The van der Waals surface area contributed by atoms with Crippen LogP contribution in [0.4, 0.5) is 17.5 Å². The molecular formula is C20H16BrClN8O2. The predicted octanol–water partition coefficient (Wildman–Crippen LogP) is 4.78. The summed E-state index contributed by atoms with van der Waals surface area (Å²) in [6.07, 6.45) is 6.28. The second kappa shape index (κ2) is 9.71. The van der Waals surface area contributed by atoms with E-state index in [1.165, 1.54) is 12.3 Å². The summed E-state index contributed by atoms with van der Waals surface area (Å²) in [7, 11) is 0. The SMILES string of the molecule is O=[N+]([O-])c1ccc(NCCNc2ncc(-c3ncc[nH]3)c(-c3ccc(Br)cc3Cl)n2)nc1. The Morgan fingerprint density at radius 2 is 1.91 bits per heavy atom. The lowest BCUT2D eigenvalue weighted by molar-refractivity contribution is -0.385. The molecule has 0 radical (unpaired) electrons. The number of hydrogen-bond donors (Lipinski definition) is 3. The van der Waals surface area contributed by atoms with Crippen molar-refractivity contribution in [3.63, 3.8) is 0 Å². The van der Waals surface area contributed by atoms with Crippen LogP contribution in [0, 0.1) is 10.1 Å². The third-order valence-electron chi connectivity index (χ3n) is 4.40. The Morgan fingerprint density at radius 1 is 1.06 bits per heavy atom. The van der Waals surface area contributed by atoms with Crippen molar-refractivity contribution >= 4 is 45.0 Å². The van der Waals surface area contributed by atoms with Gasteiger partial charge < -0.3 is 15.6 Å². The summed E-state index contributed by atoms with van der Waals surface area (Å²) in [6.45, 7) is 0.995. The zero-order valence-corrected chi connectivity index (χ0v) is 18.8. The van der Waals surface area contributed by atoms with Gasteiger partial charge in [-0.25, -0.2) is 19.9 Å². The number of anilines is 2. The maximum atomic E-state index is 10.7. The first-order chi connectivity index (χ1) is 15.5. The van der Waals surface area contributed by atoms with Gasteiger partial charge >= 0.3 is 0 Å². The number of nitro groups is 1. The first-order valence-electron chi connectivity index (χ1n) is 9.41. The lowest BCUT2D eigenvalue weighted by Gasteiger charge is -2.12. The molecule has 0 spiro atoms. The van der Waals surface area contributed by atoms with Gasteiger partial charge in [-0.2, -0.15) is 0 Å². The summed E-state index contributed by atoms with van der Waals surface area (Å²) in [5.74, 6) is 1.60. The average Bonchev–Trinajstić information content (AvgIpc) is 3.32. The van der Waals surface area contributed by atoms with Crippen LogP contribution in [0.3, 0.4) is 0 Å². The number of hydrogen-bond acceptors (Lipinski definition) is 8. The average molecular weight is 516 g/mol. The van der Waals surface area contributed by atoms with E-state index in [-0.39, 0.29) is 5.69 Å². The van der Waals surface area contributed by atoms with E-state index >= 15 is 0 Å². The van der Waals surface area contributed by atoms with Crippen LogP contribution in [0.2, 0.25) is 5.02 Å². The number of pyridine rings is 1. The second-order valence-corrected chi connectivity index (χ2v) is 7.85. The van der Waals surface area contributed by atoms with E-state index in [0.717, 1.165) is 15.6 Å². The highest BCUT2D eigenvalue weighted by Crippen LogP contribution is 2.35. The van der Waals surface area contributed by atoms with Gasteiger partial charge in [0.15, 0.2) is 0 Å². The van der Waals surface area contributed by atoms with Crippen molar-refractivity contribution in [1.29, 1.82) is 0 Å². The molecule has 0 saturated carbocycles. The van der Waals surface area contributed by atoms with Crippen LogP contribution in [0.5, 0.6) is 0 Å². The van der Waals surface area contributed by atoms with Crippen molar-refractivity contribution in [2.75, 3.05) is 23.7 Å². The zero-order valence-electron chi connectivity index (χ0n) is 16.4. The minimum Gasteiger partial charge on any atom is -0.368 e. The molecule has 162 valence electrons. The Labute approximate surface area is 195 Å². The second-order valence-electron chi connectivity index (χ2n) is 6.53. The number of halogens is 2. The molecule has 0 aliphatic carbocycles. The molecule has 10 nitrogen and oxygen atoms in total. The highest BCUT2D eigenvalue weighted by Gasteiger charge is 2.16. The van der Waals surface area contributed by atoms with E-state index in [1.807, 2.05) is 12.1 Å². The number of imidazole rings is 1. The number of H-pyrrole nitrogens is 1. The standard InChI is InChI=1S/C20H16BrClN8O2/c21-12-1-3-14(16(22)9-12)18-15(19-24-6-7-25-19)11-28-20(29-18)26-8-5-23-17-4-2-13(10-27-17)30(31)32/h1-4,6-7,9-11H,5,8H2,(H,23,27)(H,24,25)(H,26,28,29). The Hall–Kier alpha value is -3.57. The number of nitrogens with zero attached hydrogens (tertiary/aromatic N) is 5. The van der Waals surface area contributed by atoms with Crippen LogP contribution < -0.4 is 10.6 Å². The van der Waals surface area contributed by atoms with Crippen LogP contribution in [-0.4, -0.2) is 42.9 Å². The maximum absolute atomic E-state index is 10.7. The molecule has 4 aromatic rings. The summed E-state index contributed by atoms with van der Waals surface area (Å²) < 4.78 is 0.865. The van der Waals surface area contributed by atoms with Crippen molar-refractivity contribution in [3.8, 4) is 22.6 Å². The molecule has 0 aliphatic heterocycles. The number of nitrogens with one attached hydrogen (secondary N) is 3. The molecule has 32 heavy (non-hydrogen) atoms. The topological polar surface area (TPSA) is 135 Å². The molecule has 0 saturated heterocycles. The van der Waals surface area contributed by atoms with E-state index in [9.17, 15) is 10.1 Å². The molecule has 0 fully saturated rings. The third kappa shape index (κ3) is 5.01. The number of rotatable bonds is 8. The summed E-state index contributed by atoms with van der Waals surface area (Å²) in [5, 5.41) is 17.5. The summed E-state index contributed by atoms with van der Waals surface area (Å²) in [6, 6.07) is 8.53. The molecule has 3 N–H and O–H groups in total. The van der Waals surface area contributed by atoms with Gasteiger partial charge in [0.1, 0.15) is 17.8 Å². The van der Waals surface area contributed by atoms with Gasteiger partial charge in [-0.1, -0.05) is 33.6 Å². The summed E-state index contributed by atoms with van der Waals surface area (Å²) >= 11 is 9.89. The van der Waals surface area contributed by atoms with Gasteiger partial charge in [0, 0.05) is 47.8 Å². The minimum absolute atomic E-state index is 0.0575. The van der Waals surface area contributed by atoms with E-state index in [4.69, 9.17) is 11.6 Å². The fourth-order valence-electron chi connectivity index (χ4n) is 2.90. The Morgan fingerprint density at radius 3 is 2.59 bits per heavy atom. The van der Waals surface area contributed by atoms with Gasteiger partial charge in [-0.3, -0.25) is 10.1 Å². The first-order valence-corrected chi connectivity index (χ1v) is 10.6. The lowest BCUT2D eigenvalue weighted by Crippen LogP contribution is -2.16. The van der Waals surface area contributed by atoms with Crippen molar-refractivity contribution < 1.29 is 4.92 Å². The van der Waals surface area contributed by atoms with Gasteiger partial charge in [0.2, 0.25) is 5.95 Å². The quantitative estimate of drug-likeness (QED) is 0.173. The fraction of sp³-hybridized carbons (Fsp3) is 0.100. The minimum atomic E-state index is -0.489. The molecule has 0 unspecified atom stereocenters. The molecule has 0 atom stereocenters. The number of aromatic nitrogens is 5. The van der Waals surface area contributed by atoms with Crippen molar-refractivity contribution in [1.82, 2.24) is 24.9 Å². The summed E-state index contributed by atoms with van der Waals surface area (Å²) in [4.78, 5) is 30.7. The van der Waals surface area contributed by atoms with E-state index < -0.39 is 4.92 Å². The zero-order chi connectivity index (χ0) is 22.5. The van der Waals surface area contributed by atoms with Gasteiger partial charge in [0.25, 0.3) is 5.69 Å². The smallest absolute Gasteiger partial charge is 0.287 e. The van der Waals surface area contributed by atoms with E-state index in [0.29, 0.717) is 41.4 Å². The van der Waals surface area contributed by atoms with E-state index in [1.54, 1.807) is 30.7 Å². The molecule has 0 amide bonds. The predicted molar refractivity (Wildman–Crippen MR) is 126 cm³/mol. The van der Waals surface area contributed by atoms with Crippen LogP contribution in [-0.2, 0) is 0 Å². The van der Waals surface area contributed by atoms with Gasteiger partial charge in [-0.15, -0.1) is 0 Å². The molecule has 4 rings (SSSR count). The highest BCUT2D eigenvalue weighted by molar-refractivity contribution is 9.10. The Kier molecular flexibility index (Phi) is 6.57. The van der Waals surface area contributed by atoms with Crippen LogP contribution >= 0.6 is 27.5 Å². The van der Waals surface area contributed by atoms with Crippen molar-refractivity contribution in [2.24, 2.45) is 0 Å². The van der Waals surface area contributed by atoms with Crippen LogP contribution in [0.15, 0.2) is 59.6 Å². The Balaban J connectivity index is 1.49. The monoisotopic (exact) mass is 514 g/mol. The third-order valence-corrected chi connectivity index (χ3v) is 5.21. The summed E-state index contributed by atoms with van der Waals surface area (Å²) in [5.41, 5.74) is 2.05. The number of benzene rings is 1. The molecule has 0 aliphatic rings. The van der Waals surface area contributed by atoms with Crippen LogP contribution in [0.1, 0.15) is 0 Å². The molecule has 3 heterocycles. The van der Waals surface area contributed by atoms with Crippen molar-refractivity contribution in [2.45, 2.75) is 0 Å². The first kappa shape index (κ1) is 21.7. The molecule has 12 heteroatoms. The van der Waals surface area contributed by atoms with Crippen LogP contribution in [0.25, 0.3) is 22.6 Å². The largest absolute Gasteiger partial charge is 0.368 e. The molecule has 0 bridgehead atoms. The number of aromatic amines is 1. The molecule has 3 aromatic heterocycles. The lowest BCUT2D eigenvalue weighted by atomic mass is 10.1. The highest BCUT2D eigenvalue weighted by atomic mass is 79.9. The van der Waals surface area contributed by atoms with E-state index in [2.05, 4.69) is 51.5 Å².